The van der Waals surface area contributed by atoms with Gasteiger partial charge in [0.1, 0.15) is 5.82 Å². The van der Waals surface area contributed by atoms with Gasteiger partial charge in [0, 0.05) is 13.1 Å². The number of halogens is 2. The lowest BCUT2D eigenvalue weighted by Crippen LogP contribution is -2.24. The van der Waals surface area contributed by atoms with Gasteiger partial charge in [-0.15, -0.1) is 0 Å². The molecule has 0 saturated heterocycles. The summed E-state index contributed by atoms with van der Waals surface area (Å²) >= 11 is 3.32. The van der Waals surface area contributed by atoms with E-state index >= 15 is 0 Å². The third-order valence-corrected chi connectivity index (χ3v) is 4.40. The molecule has 0 N–H and O–H groups in total. The average Bonchev–Trinajstić information content (AvgIpc) is 2.77. The molecular formula is C14H19BrFN. The molecule has 94 valence electrons. The molecule has 0 spiro atoms. The first kappa shape index (κ1) is 13.0. The molecule has 0 heterocycles. The summed E-state index contributed by atoms with van der Waals surface area (Å²) in [5, 5.41) is 0. The van der Waals surface area contributed by atoms with Crippen LogP contribution in [0.25, 0.3) is 0 Å². The third kappa shape index (κ3) is 3.52. The van der Waals surface area contributed by atoms with Gasteiger partial charge >= 0.3 is 0 Å². The third-order valence-electron chi connectivity index (χ3n) is 3.52. The molecule has 0 atom stereocenters. The SMILES string of the molecule is CN(Cc1cccc(F)c1Br)CC1CCCC1. The van der Waals surface area contributed by atoms with E-state index in [4.69, 9.17) is 0 Å². The largest absolute Gasteiger partial charge is 0.302 e. The van der Waals surface area contributed by atoms with Gasteiger partial charge in [0.05, 0.1) is 4.47 Å². The lowest BCUT2D eigenvalue weighted by Gasteiger charge is -2.21. The Balaban J connectivity index is 1.93. The van der Waals surface area contributed by atoms with Gasteiger partial charge in [0.2, 0.25) is 0 Å². The average molecular weight is 300 g/mol. The first-order chi connectivity index (χ1) is 8.16. The molecule has 3 heteroatoms. The van der Waals surface area contributed by atoms with Crippen LogP contribution in [0.5, 0.6) is 0 Å². The maximum atomic E-state index is 13.4. The van der Waals surface area contributed by atoms with Gasteiger partial charge in [-0.25, -0.2) is 4.39 Å². The molecule has 0 amide bonds. The van der Waals surface area contributed by atoms with Crippen molar-refractivity contribution in [2.24, 2.45) is 5.92 Å². The first-order valence-electron chi connectivity index (χ1n) is 6.28. The van der Waals surface area contributed by atoms with E-state index in [1.54, 1.807) is 6.07 Å². The Labute approximate surface area is 111 Å². The van der Waals surface area contributed by atoms with Crippen molar-refractivity contribution in [3.8, 4) is 0 Å². The second kappa shape index (κ2) is 5.96. The van der Waals surface area contributed by atoms with E-state index in [2.05, 4.69) is 27.9 Å². The monoisotopic (exact) mass is 299 g/mol. The van der Waals surface area contributed by atoms with Crippen LogP contribution in [0.3, 0.4) is 0 Å². The number of hydrogen-bond acceptors (Lipinski definition) is 1. The van der Waals surface area contributed by atoms with E-state index < -0.39 is 0 Å². The summed E-state index contributed by atoms with van der Waals surface area (Å²) in [7, 11) is 2.12. The lowest BCUT2D eigenvalue weighted by molar-refractivity contribution is 0.270. The van der Waals surface area contributed by atoms with Crippen LogP contribution in [-0.4, -0.2) is 18.5 Å². The van der Waals surface area contributed by atoms with Crippen LogP contribution in [0, 0.1) is 11.7 Å². The lowest BCUT2D eigenvalue weighted by atomic mass is 10.1. The molecule has 1 aliphatic carbocycles. The van der Waals surface area contributed by atoms with Gasteiger partial charge in [-0.2, -0.15) is 0 Å². The Bertz CT molecular complexity index is 374. The number of rotatable bonds is 4. The molecule has 0 aromatic heterocycles. The van der Waals surface area contributed by atoms with Crippen molar-refractivity contribution in [1.29, 1.82) is 0 Å². The minimum Gasteiger partial charge on any atom is -0.302 e. The number of nitrogens with zero attached hydrogens (tertiary/aromatic N) is 1. The molecule has 1 aromatic carbocycles. The Morgan fingerprint density at radius 1 is 1.35 bits per heavy atom. The highest BCUT2D eigenvalue weighted by molar-refractivity contribution is 9.10. The standard InChI is InChI=1S/C14H19BrFN/c1-17(9-11-5-2-3-6-11)10-12-7-4-8-13(16)14(12)15/h4,7-8,11H,2-3,5-6,9-10H2,1H3. The topological polar surface area (TPSA) is 3.24 Å². The molecule has 0 radical (unpaired) electrons. The molecule has 1 aliphatic rings. The van der Waals surface area contributed by atoms with Gasteiger partial charge in [-0.3, -0.25) is 0 Å². The van der Waals surface area contributed by atoms with Crippen LogP contribution in [0.2, 0.25) is 0 Å². The van der Waals surface area contributed by atoms with Crippen LogP contribution in [0.1, 0.15) is 31.2 Å². The Morgan fingerprint density at radius 2 is 2.06 bits per heavy atom. The molecule has 2 rings (SSSR count). The Morgan fingerprint density at radius 3 is 2.76 bits per heavy atom. The summed E-state index contributed by atoms with van der Waals surface area (Å²) in [5.41, 5.74) is 1.03. The molecule has 1 aromatic rings. The summed E-state index contributed by atoms with van der Waals surface area (Å²) in [6.45, 7) is 1.94. The van der Waals surface area contributed by atoms with Crippen LogP contribution in [0.15, 0.2) is 22.7 Å². The van der Waals surface area contributed by atoms with Crippen molar-refractivity contribution < 1.29 is 4.39 Å². The van der Waals surface area contributed by atoms with Crippen molar-refractivity contribution in [1.82, 2.24) is 4.90 Å². The van der Waals surface area contributed by atoms with Gasteiger partial charge in [-0.05, 0) is 53.4 Å². The zero-order chi connectivity index (χ0) is 12.3. The van der Waals surface area contributed by atoms with E-state index in [-0.39, 0.29) is 5.82 Å². The van der Waals surface area contributed by atoms with E-state index in [1.165, 1.54) is 31.7 Å². The molecule has 0 unspecified atom stereocenters. The predicted molar refractivity (Wildman–Crippen MR) is 72.4 cm³/mol. The van der Waals surface area contributed by atoms with E-state index in [0.29, 0.717) is 4.47 Å². The Kier molecular flexibility index (Phi) is 4.57. The normalized spacial score (nSPS) is 16.9. The zero-order valence-electron chi connectivity index (χ0n) is 10.3. The van der Waals surface area contributed by atoms with E-state index in [1.807, 2.05) is 6.07 Å². The fraction of sp³-hybridized carbons (Fsp3) is 0.571. The molecule has 1 nitrogen and oxygen atoms in total. The maximum Gasteiger partial charge on any atom is 0.137 e. The minimum atomic E-state index is -0.170. The molecule has 17 heavy (non-hydrogen) atoms. The van der Waals surface area contributed by atoms with Gasteiger partial charge < -0.3 is 4.90 Å². The zero-order valence-corrected chi connectivity index (χ0v) is 11.8. The molecule has 1 fully saturated rings. The van der Waals surface area contributed by atoms with Crippen molar-refractivity contribution in [3.05, 3.63) is 34.1 Å². The predicted octanol–water partition coefficient (Wildman–Crippen LogP) is 4.21. The highest BCUT2D eigenvalue weighted by Gasteiger charge is 2.17. The summed E-state index contributed by atoms with van der Waals surface area (Å²) in [6, 6.07) is 5.25. The van der Waals surface area contributed by atoms with Crippen LogP contribution in [-0.2, 0) is 6.54 Å². The summed E-state index contributed by atoms with van der Waals surface area (Å²) < 4.78 is 14.0. The maximum absolute atomic E-state index is 13.4. The second-order valence-electron chi connectivity index (χ2n) is 5.06. The van der Waals surface area contributed by atoms with Crippen LogP contribution >= 0.6 is 15.9 Å². The fourth-order valence-electron chi connectivity index (χ4n) is 2.66. The van der Waals surface area contributed by atoms with E-state index in [0.717, 1.165) is 24.6 Å². The summed E-state index contributed by atoms with van der Waals surface area (Å²) in [5.74, 6) is 0.670. The number of hydrogen-bond donors (Lipinski definition) is 0. The van der Waals surface area contributed by atoms with Gasteiger partial charge in [-0.1, -0.05) is 25.0 Å². The minimum absolute atomic E-state index is 0.170. The van der Waals surface area contributed by atoms with Crippen molar-refractivity contribution >= 4 is 15.9 Å². The highest BCUT2D eigenvalue weighted by Crippen LogP contribution is 2.26. The number of benzene rings is 1. The summed E-state index contributed by atoms with van der Waals surface area (Å²) in [6.07, 6.45) is 5.47. The van der Waals surface area contributed by atoms with E-state index in [9.17, 15) is 4.39 Å². The molecule has 0 bridgehead atoms. The molecule has 1 saturated carbocycles. The van der Waals surface area contributed by atoms with Crippen LogP contribution < -0.4 is 0 Å². The van der Waals surface area contributed by atoms with Gasteiger partial charge in [0.25, 0.3) is 0 Å². The molecule has 0 aliphatic heterocycles. The van der Waals surface area contributed by atoms with Crippen LogP contribution in [0.4, 0.5) is 4.39 Å². The highest BCUT2D eigenvalue weighted by atomic mass is 79.9. The quantitative estimate of drug-likeness (QED) is 0.805. The second-order valence-corrected chi connectivity index (χ2v) is 5.85. The fourth-order valence-corrected chi connectivity index (χ4v) is 3.05. The summed E-state index contributed by atoms with van der Waals surface area (Å²) in [4.78, 5) is 2.30. The first-order valence-corrected chi connectivity index (χ1v) is 7.07. The van der Waals surface area contributed by atoms with Crippen molar-refractivity contribution in [2.75, 3.05) is 13.6 Å². The van der Waals surface area contributed by atoms with Crippen molar-refractivity contribution in [3.63, 3.8) is 0 Å². The smallest absolute Gasteiger partial charge is 0.137 e. The Hall–Kier alpha value is -0.410. The van der Waals surface area contributed by atoms with Crippen molar-refractivity contribution in [2.45, 2.75) is 32.2 Å². The van der Waals surface area contributed by atoms with Gasteiger partial charge in [0.15, 0.2) is 0 Å². The molecular weight excluding hydrogens is 281 g/mol.